The molecule has 2 nitrogen and oxygen atoms in total. The fourth-order valence-corrected chi connectivity index (χ4v) is 2.18. The van der Waals surface area contributed by atoms with Crippen molar-refractivity contribution in [3.63, 3.8) is 0 Å². The van der Waals surface area contributed by atoms with Crippen molar-refractivity contribution in [3.8, 4) is 0 Å². The second kappa shape index (κ2) is 3.27. The SMILES string of the molecule is C[N+]1=NSC(c2ccccc2)C1. The maximum atomic E-state index is 4.24. The van der Waals surface area contributed by atoms with Crippen molar-refractivity contribution in [1.82, 2.24) is 0 Å². The molecule has 0 saturated carbocycles. The van der Waals surface area contributed by atoms with Crippen LogP contribution >= 0.6 is 11.9 Å². The lowest BCUT2D eigenvalue weighted by atomic mass is 10.1. The zero-order valence-electron chi connectivity index (χ0n) is 6.97. The molecule has 0 spiro atoms. The van der Waals surface area contributed by atoms with Crippen LogP contribution in [-0.2, 0) is 0 Å². The van der Waals surface area contributed by atoms with E-state index in [2.05, 4.69) is 28.8 Å². The van der Waals surface area contributed by atoms with Crippen molar-refractivity contribution in [1.29, 1.82) is 0 Å². The van der Waals surface area contributed by atoms with Gasteiger partial charge in [-0.05, 0) is 5.56 Å². The molecule has 0 aromatic heterocycles. The van der Waals surface area contributed by atoms with E-state index >= 15 is 0 Å². The lowest BCUT2D eigenvalue weighted by molar-refractivity contribution is -0.550. The topological polar surface area (TPSA) is 15.4 Å². The molecule has 0 aliphatic carbocycles. The van der Waals surface area contributed by atoms with Gasteiger partial charge in [0, 0.05) is 4.52 Å². The monoisotopic (exact) mass is 179 g/mol. The summed E-state index contributed by atoms with van der Waals surface area (Å²) < 4.78 is 6.23. The van der Waals surface area contributed by atoms with E-state index in [1.165, 1.54) is 5.56 Å². The molecule has 62 valence electrons. The minimum Gasteiger partial charge on any atom is -0.117 e. The Morgan fingerprint density at radius 2 is 2.17 bits per heavy atom. The number of hydrogen-bond acceptors (Lipinski definition) is 2. The van der Waals surface area contributed by atoms with Crippen LogP contribution in [0.2, 0.25) is 0 Å². The Balaban J connectivity index is 2.14. The highest BCUT2D eigenvalue weighted by Gasteiger charge is 2.24. The second-order valence-electron chi connectivity index (χ2n) is 2.93. The van der Waals surface area contributed by atoms with Crippen LogP contribution < -0.4 is 0 Å². The molecule has 2 rings (SSSR count). The van der Waals surface area contributed by atoms with Crippen LogP contribution in [0.5, 0.6) is 0 Å². The lowest BCUT2D eigenvalue weighted by Gasteiger charge is -2.01. The van der Waals surface area contributed by atoms with Gasteiger partial charge >= 0.3 is 0 Å². The van der Waals surface area contributed by atoms with Crippen molar-refractivity contribution < 1.29 is 4.70 Å². The molecule has 1 aliphatic heterocycles. The molecule has 3 heteroatoms. The van der Waals surface area contributed by atoms with Crippen LogP contribution in [-0.4, -0.2) is 18.3 Å². The highest BCUT2D eigenvalue weighted by molar-refractivity contribution is 7.98. The molecular formula is C9H11N2S+. The quantitative estimate of drug-likeness (QED) is 0.477. The van der Waals surface area contributed by atoms with Gasteiger partial charge in [0.05, 0.1) is 11.9 Å². The van der Waals surface area contributed by atoms with Crippen molar-refractivity contribution in [2.45, 2.75) is 5.25 Å². The highest BCUT2D eigenvalue weighted by atomic mass is 32.2. The molecule has 1 aromatic rings. The van der Waals surface area contributed by atoms with E-state index in [1.807, 2.05) is 17.8 Å². The lowest BCUT2D eigenvalue weighted by Crippen LogP contribution is -2.04. The van der Waals surface area contributed by atoms with E-state index in [9.17, 15) is 0 Å². The number of rotatable bonds is 1. The molecule has 1 aliphatic rings. The standard InChI is InChI=1S/C9H11N2S/c1-11-7-9(12-10-11)8-5-3-2-4-6-8/h2-6,9H,7H2,1H3/q+1. The summed E-state index contributed by atoms with van der Waals surface area (Å²) in [5.41, 5.74) is 1.37. The smallest absolute Gasteiger partial charge is 0.117 e. The Bertz CT molecular complexity index is 295. The maximum Gasteiger partial charge on any atom is 0.186 e. The highest BCUT2D eigenvalue weighted by Crippen LogP contribution is 2.33. The Kier molecular flexibility index (Phi) is 2.13. The Morgan fingerprint density at radius 3 is 2.75 bits per heavy atom. The summed E-state index contributed by atoms with van der Waals surface area (Å²) >= 11 is 1.65. The molecule has 0 radical (unpaired) electrons. The molecule has 0 N–H and O–H groups in total. The zero-order chi connectivity index (χ0) is 8.39. The summed E-state index contributed by atoms with van der Waals surface area (Å²) in [5, 5.41) is 0.524. The number of likely N-dealkylation sites (N-methyl/N-ethyl adjacent to an activating group) is 1. The van der Waals surface area contributed by atoms with E-state index in [4.69, 9.17) is 0 Å². The van der Waals surface area contributed by atoms with Crippen LogP contribution in [0.25, 0.3) is 0 Å². The Hall–Kier alpha value is -0.830. The van der Waals surface area contributed by atoms with E-state index in [0.717, 1.165) is 6.54 Å². The van der Waals surface area contributed by atoms with E-state index in [0.29, 0.717) is 5.25 Å². The van der Waals surface area contributed by atoms with Gasteiger partial charge in [0.15, 0.2) is 13.6 Å². The number of hydrogen-bond donors (Lipinski definition) is 0. The molecule has 1 unspecified atom stereocenters. The number of benzene rings is 1. The third kappa shape index (κ3) is 1.50. The third-order valence-electron chi connectivity index (χ3n) is 1.92. The van der Waals surface area contributed by atoms with Gasteiger partial charge in [0.25, 0.3) is 0 Å². The van der Waals surface area contributed by atoms with Gasteiger partial charge in [-0.25, -0.2) is 0 Å². The fraction of sp³-hybridized carbons (Fsp3) is 0.333. The predicted molar refractivity (Wildman–Crippen MR) is 50.3 cm³/mol. The summed E-state index contributed by atoms with van der Waals surface area (Å²) in [5.74, 6) is 0. The largest absolute Gasteiger partial charge is 0.186 e. The number of nitrogens with zero attached hydrogens (tertiary/aromatic N) is 2. The van der Waals surface area contributed by atoms with Crippen LogP contribution in [0.15, 0.2) is 34.9 Å². The molecule has 12 heavy (non-hydrogen) atoms. The molecule has 0 saturated heterocycles. The molecule has 0 fully saturated rings. The molecule has 1 heterocycles. The maximum absolute atomic E-state index is 4.24. The van der Waals surface area contributed by atoms with Gasteiger partial charge in [-0.3, -0.25) is 0 Å². The van der Waals surface area contributed by atoms with Crippen LogP contribution in [0.1, 0.15) is 10.8 Å². The third-order valence-corrected chi connectivity index (χ3v) is 2.96. The summed E-state index contributed by atoms with van der Waals surface area (Å²) in [4.78, 5) is 0. The summed E-state index contributed by atoms with van der Waals surface area (Å²) in [7, 11) is 2.01. The van der Waals surface area contributed by atoms with Gasteiger partial charge in [-0.2, -0.15) is 0 Å². The second-order valence-corrected chi connectivity index (χ2v) is 3.87. The summed E-state index contributed by atoms with van der Waals surface area (Å²) in [6, 6.07) is 10.5. The van der Waals surface area contributed by atoms with Crippen molar-refractivity contribution in [2.75, 3.05) is 13.6 Å². The van der Waals surface area contributed by atoms with Gasteiger partial charge in [-0.15, -0.1) is 4.70 Å². The Labute approximate surface area is 76.4 Å². The minimum absolute atomic E-state index is 0.524. The first-order valence-corrected chi connectivity index (χ1v) is 4.83. The fourth-order valence-electron chi connectivity index (χ4n) is 1.28. The first-order chi connectivity index (χ1) is 5.86. The van der Waals surface area contributed by atoms with Gasteiger partial charge in [0.1, 0.15) is 5.25 Å². The van der Waals surface area contributed by atoms with Gasteiger partial charge < -0.3 is 0 Å². The molecule has 1 atom stereocenters. The first kappa shape index (κ1) is 7.80. The van der Waals surface area contributed by atoms with Crippen LogP contribution in [0, 0.1) is 0 Å². The molecule has 0 bridgehead atoms. The van der Waals surface area contributed by atoms with Crippen LogP contribution in [0.4, 0.5) is 0 Å². The normalized spacial score (nSPS) is 22.4. The van der Waals surface area contributed by atoms with Crippen molar-refractivity contribution in [2.24, 2.45) is 4.52 Å². The molecular weight excluding hydrogens is 168 g/mol. The van der Waals surface area contributed by atoms with Crippen molar-refractivity contribution in [3.05, 3.63) is 35.9 Å². The van der Waals surface area contributed by atoms with Gasteiger partial charge in [0.2, 0.25) is 0 Å². The van der Waals surface area contributed by atoms with Crippen LogP contribution in [0.3, 0.4) is 0 Å². The first-order valence-electron chi connectivity index (χ1n) is 3.99. The minimum atomic E-state index is 0.524. The summed E-state index contributed by atoms with van der Waals surface area (Å²) in [6.07, 6.45) is 0. The zero-order valence-corrected chi connectivity index (χ0v) is 7.79. The molecule has 0 amide bonds. The van der Waals surface area contributed by atoms with Crippen molar-refractivity contribution >= 4 is 11.9 Å². The predicted octanol–water partition coefficient (Wildman–Crippen LogP) is 2.48. The summed E-state index contributed by atoms with van der Waals surface area (Å²) in [6.45, 7) is 1.02. The van der Waals surface area contributed by atoms with E-state index < -0.39 is 0 Å². The average Bonchev–Trinajstić information content (AvgIpc) is 2.54. The molecule has 1 aromatic carbocycles. The van der Waals surface area contributed by atoms with E-state index in [1.54, 1.807) is 11.9 Å². The Morgan fingerprint density at radius 1 is 1.42 bits per heavy atom. The average molecular weight is 179 g/mol. The van der Waals surface area contributed by atoms with E-state index in [-0.39, 0.29) is 0 Å². The van der Waals surface area contributed by atoms with Gasteiger partial charge in [-0.1, -0.05) is 30.3 Å².